The fraction of sp³-hybridized carbons (Fsp3) is 0.933. The highest BCUT2D eigenvalue weighted by Crippen LogP contribution is 2.22. The zero-order valence-electron chi connectivity index (χ0n) is 13.1. The third-order valence-corrected chi connectivity index (χ3v) is 3.96. The van der Waals surface area contributed by atoms with Gasteiger partial charge in [0.2, 0.25) is 5.91 Å². The molecule has 1 amide bonds. The third-order valence-electron chi connectivity index (χ3n) is 3.96. The highest BCUT2D eigenvalue weighted by atomic mass is 16.5. The molecule has 0 unspecified atom stereocenters. The molecule has 0 bridgehead atoms. The van der Waals surface area contributed by atoms with Gasteiger partial charge in [-0.2, -0.15) is 0 Å². The zero-order chi connectivity index (χ0) is 14.8. The molecule has 0 saturated heterocycles. The predicted octanol–water partition coefficient (Wildman–Crippen LogP) is 1.12. The van der Waals surface area contributed by atoms with Crippen LogP contribution in [-0.4, -0.2) is 56.2 Å². The molecule has 5 nitrogen and oxygen atoms in total. The van der Waals surface area contributed by atoms with Gasteiger partial charge in [0.05, 0.1) is 6.54 Å². The smallest absolute Gasteiger partial charge is 0.234 e. The summed E-state index contributed by atoms with van der Waals surface area (Å²) in [6.07, 6.45) is 6.37. The summed E-state index contributed by atoms with van der Waals surface area (Å²) in [6.45, 7) is 5.06. The summed E-state index contributed by atoms with van der Waals surface area (Å²) >= 11 is 0. The van der Waals surface area contributed by atoms with Crippen LogP contribution in [0.4, 0.5) is 0 Å². The molecule has 1 aliphatic carbocycles. The van der Waals surface area contributed by atoms with Crippen molar-refractivity contribution in [2.24, 2.45) is 5.73 Å². The van der Waals surface area contributed by atoms with E-state index < -0.39 is 0 Å². The average Bonchev–Trinajstić information content (AvgIpc) is 2.44. The molecular formula is C15H31N3O2. The molecule has 1 aliphatic rings. The summed E-state index contributed by atoms with van der Waals surface area (Å²) in [7, 11) is 1.68. The molecule has 1 saturated carbocycles. The Morgan fingerprint density at radius 3 is 2.65 bits per heavy atom. The van der Waals surface area contributed by atoms with Gasteiger partial charge in [-0.3, -0.25) is 9.69 Å². The second-order valence-corrected chi connectivity index (χ2v) is 5.74. The first-order valence-electron chi connectivity index (χ1n) is 7.92. The molecule has 1 fully saturated rings. The van der Waals surface area contributed by atoms with Gasteiger partial charge in [0.25, 0.3) is 0 Å². The number of nitrogens with zero attached hydrogens (tertiary/aromatic N) is 1. The maximum Gasteiger partial charge on any atom is 0.234 e. The van der Waals surface area contributed by atoms with Crippen LogP contribution in [0.5, 0.6) is 0 Å². The lowest BCUT2D eigenvalue weighted by molar-refractivity contribution is -0.123. The van der Waals surface area contributed by atoms with Crippen LogP contribution in [0.2, 0.25) is 0 Å². The molecule has 0 aliphatic heterocycles. The Morgan fingerprint density at radius 1 is 1.35 bits per heavy atom. The van der Waals surface area contributed by atoms with Crippen molar-refractivity contribution < 1.29 is 9.53 Å². The number of amides is 1. The van der Waals surface area contributed by atoms with Crippen LogP contribution >= 0.6 is 0 Å². The maximum atomic E-state index is 12.0. The molecule has 3 N–H and O–H groups in total. The normalized spacial score (nSPS) is 23.0. The van der Waals surface area contributed by atoms with E-state index >= 15 is 0 Å². The van der Waals surface area contributed by atoms with Gasteiger partial charge in [-0.1, -0.05) is 6.92 Å². The van der Waals surface area contributed by atoms with Gasteiger partial charge >= 0.3 is 0 Å². The number of rotatable bonds is 9. The molecule has 5 heteroatoms. The second-order valence-electron chi connectivity index (χ2n) is 5.74. The van der Waals surface area contributed by atoms with Crippen molar-refractivity contribution in [2.45, 2.75) is 57.5 Å². The number of hydrogen-bond donors (Lipinski definition) is 2. The van der Waals surface area contributed by atoms with Gasteiger partial charge < -0.3 is 15.8 Å². The Hall–Kier alpha value is -0.650. The van der Waals surface area contributed by atoms with Crippen molar-refractivity contribution in [3.05, 3.63) is 0 Å². The molecule has 0 aromatic carbocycles. The fourth-order valence-corrected chi connectivity index (χ4v) is 2.83. The summed E-state index contributed by atoms with van der Waals surface area (Å²) < 4.78 is 4.97. The number of carbonyl (C=O) groups is 1. The monoisotopic (exact) mass is 285 g/mol. The Bertz CT molecular complexity index is 266. The molecule has 1 rings (SSSR count). The van der Waals surface area contributed by atoms with Gasteiger partial charge in [-0.05, 0) is 45.1 Å². The minimum atomic E-state index is 0.129. The number of nitrogens with one attached hydrogen (secondary N) is 1. The van der Waals surface area contributed by atoms with Crippen LogP contribution in [0.15, 0.2) is 0 Å². The van der Waals surface area contributed by atoms with E-state index in [1.165, 1.54) is 0 Å². The maximum absolute atomic E-state index is 12.0. The number of methoxy groups -OCH3 is 1. The van der Waals surface area contributed by atoms with Gasteiger partial charge in [0.15, 0.2) is 0 Å². The zero-order valence-corrected chi connectivity index (χ0v) is 13.1. The van der Waals surface area contributed by atoms with Crippen molar-refractivity contribution in [1.82, 2.24) is 10.2 Å². The van der Waals surface area contributed by atoms with Crippen LogP contribution in [0, 0.1) is 0 Å². The van der Waals surface area contributed by atoms with E-state index in [-0.39, 0.29) is 5.91 Å². The van der Waals surface area contributed by atoms with E-state index in [4.69, 9.17) is 10.5 Å². The second kappa shape index (κ2) is 10.1. The molecule has 0 radical (unpaired) electrons. The molecule has 0 spiro atoms. The number of carbonyl (C=O) groups excluding carboxylic acids is 1. The number of hydrogen-bond acceptors (Lipinski definition) is 4. The average molecular weight is 285 g/mol. The lowest BCUT2D eigenvalue weighted by Crippen LogP contribution is -2.46. The molecule has 0 heterocycles. The molecule has 0 aromatic rings. The first-order valence-corrected chi connectivity index (χ1v) is 7.92. The summed E-state index contributed by atoms with van der Waals surface area (Å²) in [4.78, 5) is 14.3. The van der Waals surface area contributed by atoms with E-state index in [2.05, 4.69) is 17.1 Å². The van der Waals surface area contributed by atoms with E-state index in [9.17, 15) is 4.79 Å². The summed E-state index contributed by atoms with van der Waals surface area (Å²) in [5, 5.41) is 2.97. The van der Waals surface area contributed by atoms with Gasteiger partial charge in [-0.15, -0.1) is 0 Å². The minimum Gasteiger partial charge on any atom is -0.385 e. The SMILES string of the molecule is CCCN(CC(=O)NCCCOC)C1CCC(N)CC1. The van der Waals surface area contributed by atoms with Crippen LogP contribution in [0.1, 0.15) is 45.4 Å². The fourth-order valence-electron chi connectivity index (χ4n) is 2.83. The Balaban J connectivity index is 2.32. The largest absolute Gasteiger partial charge is 0.385 e. The number of nitrogens with two attached hydrogens (primary N) is 1. The standard InChI is InChI=1S/C15H31N3O2/c1-3-10-18(14-7-5-13(16)6-8-14)12-15(19)17-9-4-11-20-2/h13-14H,3-12,16H2,1-2H3,(H,17,19). The van der Waals surface area contributed by atoms with E-state index in [0.29, 0.717) is 31.8 Å². The molecule has 20 heavy (non-hydrogen) atoms. The number of ether oxygens (including phenoxy) is 1. The summed E-state index contributed by atoms with van der Waals surface area (Å²) in [5.74, 6) is 0.129. The van der Waals surface area contributed by atoms with E-state index in [0.717, 1.165) is 45.1 Å². The quantitative estimate of drug-likeness (QED) is 0.623. The van der Waals surface area contributed by atoms with Crippen LogP contribution in [0.3, 0.4) is 0 Å². The van der Waals surface area contributed by atoms with Crippen molar-refractivity contribution >= 4 is 5.91 Å². The van der Waals surface area contributed by atoms with Crippen molar-refractivity contribution in [1.29, 1.82) is 0 Å². The predicted molar refractivity (Wildman–Crippen MR) is 81.6 cm³/mol. The highest BCUT2D eigenvalue weighted by Gasteiger charge is 2.24. The van der Waals surface area contributed by atoms with Gasteiger partial charge in [0.1, 0.15) is 0 Å². The Labute approximate surface area is 123 Å². The molecule has 0 atom stereocenters. The van der Waals surface area contributed by atoms with Gasteiger partial charge in [-0.25, -0.2) is 0 Å². The Morgan fingerprint density at radius 2 is 2.05 bits per heavy atom. The van der Waals surface area contributed by atoms with Gasteiger partial charge in [0, 0.05) is 32.3 Å². The first kappa shape index (κ1) is 17.4. The van der Waals surface area contributed by atoms with Crippen molar-refractivity contribution in [3.8, 4) is 0 Å². The van der Waals surface area contributed by atoms with E-state index in [1.807, 2.05) is 0 Å². The minimum absolute atomic E-state index is 0.129. The Kier molecular flexibility index (Phi) is 8.82. The summed E-state index contributed by atoms with van der Waals surface area (Å²) in [6, 6.07) is 0.886. The lowest BCUT2D eigenvalue weighted by Gasteiger charge is -2.35. The summed E-state index contributed by atoms with van der Waals surface area (Å²) in [5.41, 5.74) is 5.96. The van der Waals surface area contributed by atoms with Crippen molar-refractivity contribution in [2.75, 3.05) is 33.4 Å². The lowest BCUT2D eigenvalue weighted by atomic mass is 9.90. The molecule has 0 aromatic heterocycles. The van der Waals surface area contributed by atoms with Crippen LogP contribution < -0.4 is 11.1 Å². The van der Waals surface area contributed by atoms with Crippen LogP contribution in [-0.2, 0) is 9.53 Å². The van der Waals surface area contributed by atoms with Crippen LogP contribution in [0.25, 0.3) is 0 Å². The van der Waals surface area contributed by atoms with E-state index in [1.54, 1.807) is 7.11 Å². The molecular weight excluding hydrogens is 254 g/mol. The topological polar surface area (TPSA) is 67.6 Å². The third kappa shape index (κ3) is 6.68. The molecule has 118 valence electrons. The van der Waals surface area contributed by atoms with Crippen molar-refractivity contribution in [3.63, 3.8) is 0 Å². The highest BCUT2D eigenvalue weighted by molar-refractivity contribution is 5.78. The first-order chi connectivity index (χ1) is 9.67.